The van der Waals surface area contributed by atoms with Gasteiger partial charge in [-0.3, -0.25) is 4.79 Å². The SMILES string of the molecule is CN(Cc1nc2ccccc2s1)C(=O)COC(=O)c1cccc(F)c1. The van der Waals surface area contributed by atoms with E-state index < -0.39 is 18.4 Å². The summed E-state index contributed by atoms with van der Waals surface area (Å²) in [6.07, 6.45) is 0. The zero-order valence-corrected chi connectivity index (χ0v) is 14.3. The van der Waals surface area contributed by atoms with Gasteiger partial charge in [0, 0.05) is 7.05 Å². The first kappa shape index (κ1) is 17.0. The van der Waals surface area contributed by atoms with Gasteiger partial charge in [0.15, 0.2) is 6.61 Å². The molecule has 0 radical (unpaired) electrons. The number of likely N-dealkylation sites (N-methyl/N-ethyl adjacent to an activating group) is 1. The van der Waals surface area contributed by atoms with E-state index in [1.54, 1.807) is 7.05 Å². The molecule has 5 nitrogen and oxygen atoms in total. The molecular formula is C18H15FN2O3S. The first-order valence-electron chi connectivity index (χ1n) is 7.54. The number of esters is 1. The Labute approximate surface area is 147 Å². The molecule has 1 amide bonds. The van der Waals surface area contributed by atoms with Crippen LogP contribution in [-0.2, 0) is 16.1 Å². The average Bonchev–Trinajstić information content (AvgIpc) is 3.01. The standard InChI is InChI=1S/C18H15FN2O3S/c1-21(10-16-20-14-7-2-3-8-15(14)25-16)17(22)11-24-18(23)12-5-4-6-13(19)9-12/h2-9H,10-11H2,1H3. The number of amides is 1. The van der Waals surface area contributed by atoms with Crippen LogP contribution >= 0.6 is 11.3 Å². The fourth-order valence-corrected chi connectivity index (χ4v) is 3.24. The lowest BCUT2D eigenvalue weighted by Crippen LogP contribution is -2.30. The molecule has 3 rings (SSSR count). The molecule has 0 saturated heterocycles. The van der Waals surface area contributed by atoms with Crippen molar-refractivity contribution in [1.82, 2.24) is 9.88 Å². The number of halogens is 1. The topological polar surface area (TPSA) is 59.5 Å². The summed E-state index contributed by atoms with van der Waals surface area (Å²) < 4.78 is 19.1. The van der Waals surface area contributed by atoms with E-state index in [9.17, 15) is 14.0 Å². The summed E-state index contributed by atoms with van der Waals surface area (Å²) in [6, 6.07) is 12.9. The van der Waals surface area contributed by atoms with Crippen molar-refractivity contribution in [2.75, 3.05) is 13.7 Å². The van der Waals surface area contributed by atoms with Crippen molar-refractivity contribution in [3.05, 3.63) is 64.9 Å². The Bertz CT molecular complexity index is 892. The van der Waals surface area contributed by atoms with Gasteiger partial charge in [-0.25, -0.2) is 14.2 Å². The molecule has 0 aliphatic heterocycles. The van der Waals surface area contributed by atoms with Gasteiger partial charge in [-0.1, -0.05) is 18.2 Å². The molecule has 0 saturated carbocycles. The molecule has 0 N–H and O–H groups in total. The zero-order chi connectivity index (χ0) is 17.8. The summed E-state index contributed by atoms with van der Waals surface area (Å²) in [5, 5.41) is 0.800. The third-order valence-electron chi connectivity index (χ3n) is 3.52. The number of para-hydroxylation sites is 1. The monoisotopic (exact) mass is 358 g/mol. The Kier molecular flexibility index (Phi) is 5.04. The number of ether oxygens (including phenoxy) is 1. The van der Waals surface area contributed by atoms with Gasteiger partial charge in [-0.2, -0.15) is 0 Å². The van der Waals surface area contributed by atoms with E-state index in [2.05, 4.69) is 4.98 Å². The van der Waals surface area contributed by atoms with Crippen LogP contribution in [0.5, 0.6) is 0 Å². The van der Waals surface area contributed by atoms with Crippen molar-refractivity contribution in [3.63, 3.8) is 0 Å². The molecule has 0 spiro atoms. The number of fused-ring (bicyclic) bond motifs is 1. The van der Waals surface area contributed by atoms with Gasteiger partial charge in [-0.05, 0) is 30.3 Å². The number of nitrogens with zero attached hydrogens (tertiary/aromatic N) is 2. The summed E-state index contributed by atoms with van der Waals surface area (Å²) in [7, 11) is 1.62. The van der Waals surface area contributed by atoms with Crippen LogP contribution in [0.3, 0.4) is 0 Å². The van der Waals surface area contributed by atoms with Gasteiger partial charge in [0.2, 0.25) is 0 Å². The molecule has 1 heterocycles. The lowest BCUT2D eigenvalue weighted by molar-refractivity contribution is -0.133. The maximum atomic E-state index is 13.1. The van der Waals surface area contributed by atoms with Gasteiger partial charge in [0.05, 0.1) is 22.3 Å². The quantitative estimate of drug-likeness (QED) is 0.657. The summed E-state index contributed by atoms with van der Waals surface area (Å²) in [6.45, 7) is -0.0769. The first-order chi connectivity index (χ1) is 12.0. The summed E-state index contributed by atoms with van der Waals surface area (Å²) in [4.78, 5) is 29.9. The van der Waals surface area contributed by atoms with Crippen molar-refractivity contribution in [2.45, 2.75) is 6.54 Å². The maximum Gasteiger partial charge on any atom is 0.338 e. The highest BCUT2D eigenvalue weighted by Crippen LogP contribution is 2.22. The van der Waals surface area contributed by atoms with Gasteiger partial charge in [-0.15, -0.1) is 11.3 Å². The van der Waals surface area contributed by atoms with E-state index in [1.165, 1.54) is 34.4 Å². The molecule has 7 heteroatoms. The minimum Gasteiger partial charge on any atom is -0.452 e. The summed E-state index contributed by atoms with van der Waals surface area (Å²) >= 11 is 1.51. The van der Waals surface area contributed by atoms with Gasteiger partial charge < -0.3 is 9.64 Å². The smallest absolute Gasteiger partial charge is 0.338 e. The highest BCUT2D eigenvalue weighted by atomic mass is 32.1. The zero-order valence-electron chi connectivity index (χ0n) is 13.4. The Balaban J connectivity index is 1.56. The number of benzene rings is 2. The molecule has 0 fully saturated rings. The van der Waals surface area contributed by atoms with Crippen molar-refractivity contribution < 1.29 is 18.7 Å². The second-order valence-corrected chi connectivity index (χ2v) is 6.53. The third-order valence-corrected chi connectivity index (χ3v) is 4.54. The van der Waals surface area contributed by atoms with Crippen LogP contribution in [0, 0.1) is 5.82 Å². The van der Waals surface area contributed by atoms with Crippen LogP contribution in [0.4, 0.5) is 4.39 Å². The molecule has 128 valence electrons. The minimum absolute atomic E-state index is 0.0710. The predicted octanol–water partition coefficient (Wildman–Crippen LogP) is 3.25. The summed E-state index contributed by atoms with van der Waals surface area (Å²) in [5.41, 5.74) is 0.961. The molecular weight excluding hydrogens is 343 g/mol. The predicted molar refractivity (Wildman–Crippen MR) is 92.8 cm³/mol. The Morgan fingerprint density at radius 3 is 2.76 bits per heavy atom. The van der Waals surface area contributed by atoms with Crippen LogP contribution in [0.15, 0.2) is 48.5 Å². The van der Waals surface area contributed by atoms with Gasteiger partial charge in [0.1, 0.15) is 10.8 Å². The number of thiazole rings is 1. The number of carbonyl (C=O) groups excluding carboxylic acids is 2. The van der Waals surface area contributed by atoms with Gasteiger partial charge in [0.25, 0.3) is 5.91 Å². The number of rotatable bonds is 5. The van der Waals surface area contributed by atoms with Crippen molar-refractivity contribution >= 4 is 33.4 Å². The molecule has 0 aliphatic rings. The van der Waals surface area contributed by atoms with Gasteiger partial charge >= 0.3 is 5.97 Å². The van der Waals surface area contributed by atoms with E-state index in [0.717, 1.165) is 21.3 Å². The molecule has 25 heavy (non-hydrogen) atoms. The van der Waals surface area contributed by atoms with Crippen LogP contribution in [0.1, 0.15) is 15.4 Å². The Hall–Kier alpha value is -2.80. The Morgan fingerprint density at radius 1 is 1.20 bits per heavy atom. The van der Waals surface area contributed by atoms with Crippen molar-refractivity contribution in [3.8, 4) is 0 Å². The lowest BCUT2D eigenvalue weighted by Gasteiger charge is -2.15. The number of hydrogen-bond acceptors (Lipinski definition) is 5. The molecule has 0 aliphatic carbocycles. The number of aromatic nitrogens is 1. The van der Waals surface area contributed by atoms with Crippen LogP contribution in [0.2, 0.25) is 0 Å². The molecule has 2 aromatic carbocycles. The largest absolute Gasteiger partial charge is 0.452 e. The third kappa shape index (κ3) is 4.19. The number of hydrogen-bond donors (Lipinski definition) is 0. The van der Waals surface area contributed by atoms with Crippen LogP contribution in [0.25, 0.3) is 10.2 Å². The van der Waals surface area contributed by atoms with E-state index >= 15 is 0 Å². The summed E-state index contributed by atoms with van der Waals surface area (Å²) in [5.74, 6) is -1.63. The highest BCUT2D eigenvalue weighted by molar-refractivity contribution is 7.18. The molecule has 0 atom stereocenters. The molecule has 0 unspecified atom stereocenters. The maximum absolute atomic E-state index is 13.1. The molecule has 3 aromatic rings. The second-order valence-electron chi connectivity index (χ2n) is 5.41. The number of carbonyl (C=O) groups is 2. The van der Waals surface area contributed by atoms with E-state index in [4.69, 9.17) is 4.74 Å². The average molecular weight is 358 g/mol. The highest BCUT2D eigenvalue weighted by Gasteiger charge is 2.15. The van der Waals surface area contributed by atoms with Crippen molar-refractivity contribution in [2.24, 2.45) is 0 Å². The van der Waals surface area contributed by atoms with Crippen molar-refractivity contribution in [1.29, 1.82) is 0 Å². The van der Waals surface area contributed by atoms with Crippen LogP contribution < -0.4 is 0 Å². The van der Waals surface area contributed by atoms with Crippen LogP contribution in [-0.4, -0.2) is 35.4 Å². The minimum atomic E-state index is -0.735. The normalized spacial score (nSPS) is 10.6. The van der Waals surface area contributed by atoms with E-state index in [1.807, 2.05) is 24.3 Å². The lowest BCUT2D eigenvalue weighted by atomic mass is 10.2. The molecule has 1 aromatic heterocycles. The first-order valence-corrected chi connectivity index (χ1v) is 8.35. The second kappa shape index (κ2) is 7.40. The van der Waals surface area contributed by atoms with E-state index in [0.29, 0.717) is 6.54 Å². The Morgan fingerprint density at radius 2 is 2.00 bits per heavy atom. The molecule has 0 bridgehead atoms. The fourth-order valence-electron chi connectivity index (χ4n) is 2.21. The van der Waals surface area contributed by atoms with E-state index in [-0.39, 0.29) is 11.5 Å². The fraction of sp³-hybridized carbons (Fsp3) is 0.167.